The smallest absolute Gasteiger partial charge is 0.0698 e. The van der Waals surface area contributed by atoms with Crippen LogP contribution in [0.5, 0.6) is 0 Å². The minimum absolute atomic E-state index is 0.217. The van der Waals surface area contributed by atoms with Crippen molar-refractivity contribution in [3.05, 3.63) is 30.1 Å². The van der Waals surface area contributed by atoms with Crippen molar-refractivity contribution < 1.29 is 4.74 Å². The Morgan fingerprint density at radius 1 is 1.59 bits per heavy atom. The molecule has 0 amide bonds. The van der Waals surface area contributed by atoms with E-state index in [1.807, 2.05) is 24.4 Å². The Hall–Kier alpha value is -0.970. The third-order valence-electron chi connectivity index (χ3n) is 3.44. The van der Waals surface area contributed by atoms with E-state index >= 15 is 0 Å². The van der Waals surface area contributed by atoms with E-state index in [4.69, 9.17) is 10.5 Å². The van der Waals surface area contributed by atoms with Crippen LogP contribution in [-0.2, 0) is 4.74 Å². The molecule has 2 atom stereocenters. The highest BCUT2D eigenvalue weighted by Gasteiger charge is 2.26. The second-order valence-corrected chi connectivity index (χ2v) is 4.50. The number of aromatic nitrogens is 1. The lowest BCUT2D eigenvalue weighted by atomic mass is 10.0. The average Bonchev–Trinajstić information content (AvgIpc) is 2.41. The monoisotopic (exact) mass is 235 g/mol. The highest BCUT2D eigenvalue weighted by molar-refractivity contribution is 5.09. The molecule has 0 bridgehead atoms. The molecule has 0 aliphatic carbocycles. The van der Waals surface area contributed by atoms with Crippen LogP contribution in [0, 0.1) is 0 Å². The van der Waals surface area contributed by atoms with E-state index in [1.165, 1.54) is 6.42 Å². The Morgan fingerprint density at radius 2 is 2.47 bits per heavy atom. The number of nitrogens with zero attached hydrogens (tertiary/aromatic N) is 2. The van der Waals surface area contributed by atoms with Gasteiger partial charge in [0.1, 0.15) is 0 Å². The van der Waals surface area contributed by atoms with Crippen LogP contribution in [0.3, 0.4) is 0 Å². The topological polar surface area (TPSA) is 51.4 Å². The van der Waals surface area contributed by atoms with Crippen molar-refractivity contribution >= 4 is 0 Å². The summed E-state index contributed by atoms with van der Waals surface area (Å²) < 4.78 is 5.45. The van der Waals surface area contributed by atoms with E-state index in [1.54, 1.807) is 7.11 Å². The van der Waals surface area contributed by atoms with Gasteiger partial charge in [0.25, 0.3) is 0 Å². The first kappa shape index (κ1) is 12.5. The SMILES string of the molecule is COC1CCCN(C(CN)c2ccccn2)C1. The van der Waals surface area contributed by atoms with Crippen molar-refractivity contribution in [1.29, 1.82) is 0 Å². The summed E-state index contributed by atoms with van der Waals surface area (Å²) in [6.45, 7) is 2.64. The lowest BCUT2D eigenvalue weighted by Gasteiger charge is -2.36. The molecule has 4 nitrogen and oxygen atoms in total. The standard InChI is InChI=1S/C13H21N3O/c1-17-11-5-4-8-16(10-11)13(9-14)12-6-2-3-7-15-12/h2-3,6-7,11,13H,4-5,8-10,14H2,1H3. The predicted octanol–water partition coefficient (Wildman–Crippen LogP) is 1.19. The van der Waals surface area contributed by atoms with Gasteiger partial charge in [-0.15, -0.1) is 0 Å². The second kappa shape index (κ2) is 6.10. The van der Waals surface area contributed by atoms with Gasteiger partial charge in [-0.2, -0.15) is 0 Å². The quantitative estimate of drug-likeness (QED) is 0.852. The number of piperidine rings is 1. The molecule has 1 aliphatic rings. The van der Waals surface area contributed by atoms with Gasteiger partial charge in [-0.1, -0.05) is 6.07 Å². The van der Waals surface area contributed by atoms with Gasteiger partial charge in [-0.3, -0.25) is 9.88 Å². The third kappa shape index (κ3) is 3.03. The van der Waals surface area contributed by atoms with Crippen LogP contribution < -0.4 is 5.73 Å². The fraction of sp³-hybridized carbons (Fsp3) is 0.615. The minimum atomic E-state index is 0.217. The summed E-state index contributed by atoms with van der Waals surface area (Å²) in [5, 5.41) is 0. The van der Waals surface area contributed by atoms with E-state index in [0.29, 0.717) is 12.6 Å². The van der Waals surface area contributed by atoms with Crippen molar-refractivity contribution in [3.8, 4) is 0 Å². The van der Waals surface area contributed by atoms with Crippen LogP contribution in [0.1, 0.15) is 24.6 Å². The van der Waals surface area contributed by atoms with Crippen LogP contribution in [0.2, 0.25) is 0 Å². The number of ether oxygens (including phenoxy) is 1. The lowest BCUT2D eigenvalue weighted by molar-refractivity contribution is 0.0148. The number of pyridine rings is 1. The Morgan fingerprint density at radius 3 is 3.12 bits per heavy atom. The van der Waals surface area contributed by atoms with Gasteiger partial charge in [-0.05, 0) is 31.5 Å². The van der Waals surface area contributed by atoms with Gasteiger partial charge in [-0.25, -0.2) is 0 Å². The molecule has 0 radical (unpaired) electrons. The molecule has 1 aliphatic heterocycles. The molecule has 1 aromatic rings. The summed E-state index contributed by atoms with van der Waals surface area (Å²) in [6.07, 6.45) is 4.48. The first-order chi connectivity index (χ1) is 8.35. The van der Waals surface area contributed by atoms with E-state index in [0.717, 1.165) is 25.2 Å². The highest BCUT2D eigenvalue weighted by Crippen LogP contribution is 2.23. The van der Waals surface area contributed by atoms with Crippen LogP contribution in [-0.4, -0.2) is 42.7 Å². The number of nitrogens with two attached hydrogens (primary N) is 1. The zero-order chi connectivity index (χ0) is 12.1. The predicted molar refractivity (Wildman–Crippen MR) is 67.6 cm³/mol. The van der Waals surface area contributed by atoms with E-state index in [9.17, 15) is 0 Å². The maximum absolute atomic E-state index is 5.90. The molecular formula is C13H21N3O. The third-order valence-corrected chi connectivity index (χ3v) is 3.44. The molecule has 2 heterocycles. The average molecular weight is 235 g/mol. The molecule has 17 heavy (non-hydrogen) atoms. The molecule has 2 unspecified atom stereocenters. The number of hydrogen-bond acceptors (Lipinski definition) is 4. The number of rotatable bonds is 4. The molecule has 0 saturated carbocycles. The van der Waals surface area contributed by atoms with Crippen molar-refractivity contribution in [2.75, 3.05) is 26.7 Å². The summed E-state index contributed by atoms with van der Waals surface area (Å²) in [6, 6.07) is 6.22. The minimum Gasteiger partial charge on any atom is -0.380 e. The van der Waals surface area contributed by atoms with Gasteiger partial charge in [0, 0.05) is 26.4 Å². The summed E-state index contributed by atoms with van der Waals surface area (Å²) in [7, 11) is 1.78. The highest BCUT2D eigenvalue weighted by atomic mass is 16.5. The Balaban J connectivity index is 2.08. The Labute approximate surface area is 103 Å². The summed E-state index contributed by atoms with van der Waals surface area (Å²) >= 11 is 0. The van der Waals surface area contributed by atoms with Gasteiger partial charge in [0.15, 0.2) is 0 Å². The van der Waals surface area contributed by atoms with Crippen molar-refractivity contribution in [3.63, 3.8) is 0 Å². The van der Waals surface area contributed by atoms with Gasteiger partial charge in [0.2, 0.25) is 0 Å². The first-order valence-electron chi connectivity index (χ1n) is 6.23. The largest absolute Gasteiger partial charge is 0.380 e. The zero-order valence-electron chi connectivity index (χ0n) is 10.4. The Bertz CT molecular complexity index is 331. The van der Waals surface area contributed by atoms with Crippen molar-refractivity contribution in [1.82, 2.24) is 9.88 Å². The molecule has 2 N–H and O–H groups in total. The van der Waals surface area contributed by atoms with Crippen molar-refractivity contribution in [2.24, 2.45) is 5.73 Å². The van der Waals surface area contributed by atoms with Gasteiger partial charge in [0.05, 0.1) is 17.8 Å². The fourth-order valence-corrected chi connectivity index (χ4v) is 2.47. The maximum Gasteiger partial charge on any atom is 0.0698 e. The molecule has 2 rings (SSSR count). The van der Waals surface area contributed by atoms with E-state index in [2.05, 4.69) is 9.88 Å². The van der Waals surface area contributed by atoms with E-state index < -0.39 is 0 Å². The second-order valence-electron chi connectivity index (χ2n) is 4.50. The number of hydrogen-bond donors (Lipinski definition) is 1. The summed E-state index contributed by atoms with van der Waals surface area (Å²) in [5.41, 5.74) is 6.96. The van der Waals surface area contributed by atoms with Crippen LogP contribution in [0.15, 0.2) is 24.4 Å². The molecule has 1 saturated heterocycles. The maximum atomic E-state index is 5.90. The Kier molecular flexibility index (Phi) is 4.48. The molecule has 0 spiro atoms. The molecule has 1 fully saturated rings. The molecule has 1 aromatic heterocycles. The number of likely N-dealkylation sites (tertiary alicyclic amines) is 1. The van der Waals surface area contributed by atoms with Gasteiger partial charge < -0.3 is 10.5 Å². The van der Waals surface area contributed by atoms with Crippen LogP contribution in [0.25, 0.3) is 0 Å². The zero-order valence-corrected chi connectivity index (χ0v) is 10.4. The van der Waals surface area contributed by atoms with Gasteiger partial charge >= 0.3 is 0 Å². The van der Waals surface area contributed by atoms with Crippen LogP contribution >= 0.6 is 0 Å². The lowest BCUT2D eigenvalue weighted by Crippen LogP contribution is -2.43. The van der Waals surface area contributed by atoms with Crippen LogP contribution in [0.4, 0.5) is 0 Å². The molecule has 4 heteroatoms. The first-order valence-corrected chi connectivity index (χ1v) is 6.23. The molecule has 94 valence electrons. The van der Waals surface area contributed by atoms with Crippen molar-refractivity contribution in [2.45, 2.75) is 25.0 Å². The summed E-state index contributed by atoms with van der Waals surface area (Å²) in [4.78, 5) is 6.80. The van der Waals surface area contributed by atoms with E-state index in [-0.39, 0.29) is 6.04 Å². The summed E-state index contributed by atoms with van der Waals surface area (Å²) in [5.74, 6) is 0. The normalized spacial score (nSPS) is 23.5. The molecular weight excluding hydrogens is 214 g/mol. The molecule has 0 aromatic carbocycles. The number of methoxy groups -OCH3 is 1. The fourth-order valence-electron chi connectivity index (χ4n) is 2.47.